The lowest BCUT2D eigenvalue weighted by atomic mass is 10.0. The second kappa shape index (κ2) is 9.67. The fourth-order valence-electron chi connectivity index (χ4n) is 5.33. The molecule has 0 atom stereocenters. The first-order chi connectivity index (χ1) is 17.2. The zero-order chi connectivity index (χ0) is 23.8. The molecule has 35 heavy (non-hydrogen) atoms. The second-order valence-corrected chi connectivity index (χ2v) is 9.83. The highest BCUT2D eigenvalue weighted by atomic mass is 16.5. The van der Waals surface area contributed by atoms with Gasteiger partial charge in [-0.15, -0.1) is 0 Å². The Morgan fingerprint density at radius 1 is 1.00 bits per heavy atom. The molecule has 3 aliphatic heterocycles. The summed E-state index contributed by atoms with van der Waals surface area (Å²) in [6.45, 7) is 7.56. The molecule has 3 aliphatic rings. The Morgan fingerprint density at radius 3 is 2.51 bits per heavy atom. The van der Waals surface area contributed by atoms with Crippen LogP contribution in [0.4, 0.5) is 11.6 Å². The minimum atomic E-state index is 0.337. The molecule has 0 aliphatic carbocycles. The number of fused-ring (bicyclic) bond motifs is 1. The Kier molecular flexibility index (Phi) is 6.26. The first-order valence-electron chi connectivity index (χ1n) is 12.8. The molecule has 0 unspecified atom stereocenters. The third-order valence-electron chi connectivity index (χ3n) is 7.62. The van der Waals surface area contributed by atoms with Crippen molar-refractivity contribution in [2.24, 2.45) is 0 Å². The average molecular weight is 479 g/mol. The molecule has 186 valence electrons. The van der Waals surface area contributed by atoms with Crippen LogP contribution in [0.15, 0.2) is 18.6 Å². The fraction of sp³-hybridized carbons (Fsp3) is 0.600. The van der Waals surface area contributed by atoms with Gasteiger partial charge in [-0.1, -0.05) is 6.92 Å². The Labute approximate surface area is 205 Å². The topological polar surface area (TPSA) is 116 Å². The van der Waals surface area contributed by atoms with E-state index in [0.29, 0.717) is 29.5 Å². The first kappa shape index (κ1) is 22.6. The maximum absolute atomic E-state index is 6.25. The number of piperidine rings is 1. The van der Waals surface area contributed by atoms with Crippen molar-refractivity contribution in [3.63, 3.8) is 0 Å². The van der Waals surface area contributed by atoms with E-state index in [4.69, 9.17) is 30.3 Å². The lowest BCUT2D eigenvalue weighted by Gasteiger charge is -2.41. The predicted molar refractivity (Wildman–Crippen MR) is 134 cm³/mol. The molecular formula is C25H34N8O2. The number of nitrogens with one attached hydrogen (secondary N) is 1. The Balaban J connectivity index is 1.28. The van der Waals surface area contributed by atoms with E-state index in [1.807, 2.05) is 6.20 Å². The summed E-state index contributed by atoms with van der Waals surface area (Å²) in [7, 11) is 0. The number of rotatable bonds is 6. The van der Waals surface area contributed by atoms with Gasteiger partial charge in [0, 0.05) is 55.9 Å². The van der Waals surface area contributed by atoms with Crippen LogP contribution in [0.1, 0.15) is 44.3 Å². The summed E-state index contributed by atoms with van der Waals surface area (Å²) in [5.74, 6) is 1.24. The zero-order valence-electron chi connectivity index (χ0n) is 20.3. The van der Waals surface area contributed by atoms with E-state index in [-0.39, 0.29) is 0 Å². The van der Waals surface area contributed by atoms with E-state index < -0.39 is 0 Å². The third kappa shape index (κ3) is 4.46. The molecule has 0 radical (unpaired) electrons. The van der Waals surface area contributed by atoms with Gasteiger partial charge in [-0.25, -0.2) is 15.0 Å². The van der Waals surface area contributed by atoms with E-state index in [2.05, 4.69) is 33.0 Å². The molecule has 0 spiro atoms. The highest BCUT2D eigenvalue weighted by molar-refractivity contribution is 5.96. The number of anilines is 2. The van der Waals surface area contributed by atoms with Crippen molar-refractivity contribution in [1.82, 2.24) is 29.6 Å². The van der Waals surface area contributed by atoms with Crippen molar-refractivity contribution in [1.29, 1.82) is 0 Å². The van der Waals surface area contributed by atoms with Gasteiger partial charge in [-0.05, 0) is 32.1 Å². The average Bonchev–Trinajstić information content (AvgIpc) is 3.34. The molecule has 3 aromatic rings. The number of pyridine rings is 1. The standard InChI is InChI=1S/C25H34N8O2/c1-2-21-25(29-17-5-9-34-10-6-17)31-22-20(12-27-24(26)23(22)30-21)16-11-28-33(13-16)18-3-7-32(8-4-18)19-14-35-15-19/h11-13,17-19H,2-10,14-15H2,1H3,(H2,26,27)(H,29,31). The van der Waals surface area contributed by atoms with Crippen LogP contribution in [0.5, 0.6) is 0 Å². The number of nitrogen functional groups attached to an aromatic ring is 1. The molecule has 3 fully saturated rings. The van der Waals surface area contributed by atoms with Crippen LogP contribution >= 0.6 is 0 Å². The van der Waals surface area contributed by atoms with Gasteiger partial charge in [0.25, 0.3) is 0 Å². The second-order valence-electron chi connectivity index (χ2n) is 9.83. The van der Waals surface area contributed by atoms with Crippen LogP contribution in [-0.4, -0.2) is 81.2 Å². The van der Waals surface area contributed by atoms with Crippen LogP contribution in [0.3, 0.4) is 0 Å². The molecule has 0 bridgehead atoms. The van der Waals surface area contributed by atoms with Crippen molar-refractivity contribution < 1.29 is 9.47 Å². The van der Waals surface area contributed by atoms with Gasteiger partial charge in [0.05, 0.1) is 37.2 Å². The Bertz CT molecular complexity index is 1180. The molecule has 10 heteroatoms. The van der Waals surface area contributed by atoms with Crippen LogP contribution in [-0.2, 0) is 15.9 Å². The smallest absolute Gasteiger partial charge is 0.151 e. The molecular weight excluding hydrogens is 444 g/mol. The molecule has 3 N–H and O–H groups in total. The van der Waals surface area contributed by atoms with Crippen molar-refractivity contribution >= 4 is 22.7 Å². The van der Waals surface area contributed by atoms with Crippen molar-refractivity contribution in [3.8, 4) is 11.1 Å². The largest absolute Gasteiger partial charge is 0.382 e. The molecule has 10 nitrogen and oxygen atoms in total. The van der Waals surface area contributed by atoms with Crippen molar-refractivity contribution in [2.45, 2.75) is 57.2 Å². The van der Waals surface area contributed by atoms with Gasteiger partial charge in [0.2, 0.25) is 0 Å². The van der Waals surface area contributed by atoms with E-state index in [0.717, 1.165) is 99.8 Å². The van der Waals surface area contributed by atoms with Gasteiger partial charge >= 0.3 is 0 Å². The molecule has 0 aromatic carbocycles. The Morgan fingerprint density at radius 2 is 1.80 bits per heavy atom. The van der Waals surface area contributed by atoms with Gasteiger partial charge in [0.1, 0.15) is 16.9 Å². The Hall–Kier alpha value is -2.82. The number of aryl methyl sites for hydroxylation is 1. The van der Waals surface area contributed by atoms with E-state index in [1.165, 1.54) is 0 Å². The first-order valence-corrected chi connectivity index (χ1v) is 12.8. The summed E-state index contributed by atoms with van der Waals surface area (Å²) in [6, 6.07) is 1.34. The normalized spacial score (nSPS) is 20.8. The fourth-order valence-corrected chi connectivity index (χ4v) is 5.33. The number of hydrogen-bond acceptors (Lipinski definition) is 9. The quantitative estimate of drug-likeness (QED) is 0.551. The third-order valence-corrected chi connectivity index (χ3v) is 7.62. The van der Waals surface area contributed by atoms with Crippen LogP contribution in [0.2, 0.25) is 0 Å². The lowest BCUT2D eigenvalue weighted by molar-refractivity contribution is -0.0734. The molecule has 3 aromatic heterocycles. The summed E-state index contributed by atoms with van der Waals surface area (Å²) >= 11 is 0. The molecule has 6 heterocycles. The SMILES string of the molecule is CCc1nc2c(N)ncc(-c3cnn(C4CCN(C5COC5)CC4)c3)c2nc1NC1CCOCC1. The molecule has 3 saturated heterocycles. The van der Waals surface area contributed by atoms with Gasteiger partial charge < -0.3 is 20.5 Å². The maximum atomic E-state index is 6.25. The van der Waals surface area contributed by atoms with Crippen molar-refractivity contribution in [3.05, 3.63) is 24.3 Å². The minimum Gasteiger partial charge on any atom is -0.382 e. The van der Waals surface area contributed by atoms with Crippen molar-refractivity contribution in [2.75, 3.05) is 50.6 Å². The summed E-state index contributed by atoms with van der Waals surface area (Å²) in [4.78, 5) is 17.0. The zero-order valence-corrected chi connectivity index (χ0v) is 20.3. The monoisotopic (exact) mass is 478 g/mol. The summed E-state index contributed by atoms with van der Waals surface area (Å²) in [5.41, 5.74) is 10.5. The molecule has 0 saturated carbocycles. The van der Waals surface area contributed by atoms with E-state index in [9.17, 15) is 0 Å². The molecule has 0 amide bonds. The number of likely N-dealkylation sites (tertiary alicyclic amines) is 1. The minimum absolute atomic E-state index is 0.337. The van der Waals surface area contributed by atoms with Crippen LogP contribution in [0.25, 0.3) is 22.2 Å². The molecule has 6 rings (SSSR count). The number of nitrogens with zero attached hydrogens (tertiary/aromatic N) is 6. The number of aromatic nitrogens is 5. The number of nitrogens with two attached hydrogens (primary N) is 1. The maximum Gasteiger partial charge on any atom is 0.151 e. The number of ether oxygens (including phenoxy) is 2. The van der Waals surface area contributed by atoms with Gasteiger partial charge in [-0.3, -0.25) is 9.58 Å². The summed E-state index contributed by atoms with van der Waals surface area (Å²) < 4.78 is 13.0. The summed E-state index contributed by atoms with van der Waals surface area (Å²) in [5, 5.41) is 8.36. The van der Waals surface area contributed by atoms with E-state index in [1.54, 1.807) is 6.20 Å². The summed E-state index contributed by atoms with van der Waals surface area (Å²) in [6.07, 6.45) is 10.7. The van der Waals surface area contributed by atoms with Gasteiger partial charge in [-0.2, -0.15) is 5.10 Å². The lowest BCUT2D eigenvalue weighted by Crippen LogP contribution is -2.51. The van der Waals surface area contributed by atoms with Crippen LogP contribution < -0.4 is 11.1 Å². The number of hydrogen-bond donors (Lipinski definition) is 2. The highest BCUT2D eigenvalue weighted by Gasteiger charge is 2.30. The predicted octanol–water partition coefficient (Wildman–Crippen LogP) is 2.66. The van der Waals surface area contributed by atoms with Gasteiger partial charge in [0.15, 0.2) is 5.82 Å². The van der Waals surface area contributed by atoms with Crippen LogP contribution in [0, 0.1) is 0 Å². The van der Waals surface area contributed by atoms with E-state index >= 15 is 0 Å². The highest BCUT2D eigenvalue weighted by Crippen LogP contribution is 2.32.